The molecular formula is C15H19N. The maximum atomic E-state index is 6.25. The molecule has 16 heavy (non-hydrogen) atoms. The molecule has 0 aromatic heterocycles. The first-order valence-electron chi connectivity index (χ1n) is 5.85. The fourth-order valence-corrected chi connectivity index (χ4v) is 2.14. The van der Waals surface area contributed by atoms with Crippen LogP contribution in [0.3, 0.4) is 0 Å². The molecule has 0 bridgehead atoms. The lowest BCUT2D eigenvalue weighted by Crippen LogP contribution is -2.16. The van der Waals surface area contributed by atoms with Crippen LogP contribution in [0, 0.1) is 12.8 Å². The molecule has 0 radical (unpaired) electrons. The molecule has 0 aliphatic heterocycles. The lowest BCUT2D eigenvalue weighted by molar-refractivity contribution is 0.517. The van der Waals surface area contributed by atoms with Crippen molar-refractivity contribution in [3.05, 3.63) is 47.5 Å². The zero-order valence-corrected chi connectivity index (χ0v) is 10.2. The van der Waals surface area contributed by atoms with Crippen LogP contribution in [0.1, 0.15) is 31.0 Å². The molecule has 0 saturated carbocycles. The van der Waals surface area contributed by atoms with Crippen molar-refractivity contribution in [3.63, 3.8) is 0 Å². The van der Waals surface area contributed by atoms with Gasteiger partial charge in [0.1, 0.15) is 0 Å². The molecule has 1 heteroatoms. The Morgan fingerprint density at radius 1 is 0.938 bits per heavy atom. The molecule has 84 valence electrons. The van der Waals surface area contributed by atoms with Gasteiger partial charge in [-0.3, -0.25) is 0 Å². The fraction of sp³-hybridized carbons (Fsp3) is 0.333. The standard InChI is InChI=1S/C15H19N/c1-10(2)15(16)14-9-5-7-12-11(3)6-4-8-13(12)14/h4-10,15H,16H2,1-3H3. The van der Waals surface area contributed by atoms with Gasteiger partial charge in [-0.1, -0.05) is 50.2 Å². The van der Waals surface area contributed by atoms with E-state index in [0.717, 1.165) is 0 Å². The molecule has 1 atom stereocenters. The lowest BCUT2D eigenvalue weighted by Gasteiger charge is -2.18. The normalized spacial score (nSPS) is 13.3. The van der Waals surface area contributed by atoms with E-state index in [4.69, 9.17) is 5.73 Å². The molecule has 2 N–H and O–H groups in total. The molecule has 2 aromatic carbocycles. The number of rotatable bonds is 2. The van der Waals surface area contributed by atoms with Gasteiger partial charge < -0.3 is 5.73 Å². The van der Waals surface area contributed by atoms with Gasteiger partial charge >= 0.3 is 0 Å². The van der Waals surface area contributed by atoms with Gasteiger partial charge in [0.05, 0.1) is 0 Å². The van der Waals surface area contributed by atoms with Crippen LogP contribution in [0.5, 0.6) is 0 Å². The first-order valence-corrected chi connectivity index (χ1v) is 5.85. The summed E-state index contributed by atoms with van der Waals surface area (Å²) in [6.45, 7) is 6.48. The molecule has 0 heterocycles. The summed E-state index contributed by atoms with van der Waals surface area (Å²) in [5.41, 5.74) is 8.83. The molecule has 1 nitrogen and oxygen atoms in total. The Labute approximate surface area is 97.3 Å². The van der Waals surface area contributed by atoms with Crippen molar-refractivity contribution < 1.29 is 0 Å². The maximum absolute atomic E-state index is 6.25. The first-order chi connectivity index (χ1) is 7.61. The quantitative estimate of drug-likeness (QED) is 0.806. The van der Waals surface area contributed by atoms with E-state index in [2.05, 4.69) is 57.2 Å². The average Bonchev–Trinajstić information content (AvgIpc) is 2.28. The zero-order valence-electron chi connectivity index (χ0n) is 10.2. The number of aryl methyl sites for hydroxylation is 1. The summed E-state index contributed by atoms with van der Waals surface area (Å²) >= 11 is 0. The van der Waals surface area contributed by atoms with Crippen LogP contribution in [0.15, 0.2) is 36.4 Å². The van der Waals surface area contributed by atoms with E-state index in [1.807, 2.05) is 0 Å². The molecule has 1 unspecified atom stereocenters. The van der Waals surface area contributed by atoms with Crippen LogP contribution in [0.4, 0.5) is 0 Å². The molecule has 0 fully saturated rings. The third kappa shape index (κ3) is 1.83. The molecule has 2 aromatic rings. The van der Waals surface area contributed by atoms with Crippen molar-refractivity contribution in [2.75, 3.05) is 0 Å². The summed E-state index contributed by atoms with van der Waals surface area (Å²) < 4.78 is 0. The van der Waals surface area contributed by atoms with E-state index in [9.17, 15) is 0 Å². The summed E-state index contributed by atoms with van der Waals surface area (Å²) in [4.78, 5) is 0. The van der Waals surface area contributed by atoms with Gasteiger partial charge in [0.25, 0.3) is 0 Å². The molecule has 0 amide bonds. The van der Waals surface area contributed by atoms with E-state index in [-0.39, 0.29) is 6.04 Å². The summed E-state index contributed by atoms with van der Waals surface area (Å²) in [7, 11) is 0. The Bertz CT molecular complexity index is 500. The van der Waals surface area contributed by atoms with Crippen molar-refractivity contribution >= 4 is 10.8 Å². The van der Waals surface area contributed by atoms with Crippen molar-refractivity contribution in [1.29, 1.82) is 0 Å². The van der Waals surface area contributed by atoms with Crippen LogP contribution < -0.4 is 5.73 Å². The Balaban J connectivity index is 2.67. The van der Waals surface area contributed by atoms with E-state index in [0.29, 0.717) is 5.92 Å². The largest absolute Gasteiger partial charge is 0.324 e. The number of nitrogens with two attached hydrogens (primary N) is 1. The highest BCUT2D eigenvalue weighted by Crippen LogP contribution is 2.28. The zero-order chi connectivity index (χ0) is 11.7. The van der Waals surface area contributed by atoms with Gasteiger partial charge in [-0.05, 0) is 34.7 Å². The second kappa shape index (κ2) is 4.26. The predicted octanol–water partition coefficient (Wildman–Crippen LogP) is 3.80. The molecule has 0 spiro atoms. The molecule has 2 rings (SSSR count). The van der Waals surface area contributed by atoms with Gasteiger partial charge in [-0.2, -0.15) is 0 Å². The van der Waals surface area contributed by atoms with Crippen LogP contribution in [-0.4, -0.2) is 0 Å². The van der Waals surface area contributed by atoms with Crippen LogP contribution in [0.2, 0.25) is 0 Å². The van der Waals surface area contributed by atoms with Crippen molar-refractivity contribution in [1.82, 2.24) is 0 Å². The Hall–Kier alpha value is -1.34. The first kappa shape index (κ1) is 11.2. The highest BCUT2D eigenvalue weighted by Gasteiger charge is 2.13. The van der Waals surface area contributed by atoms with Crippen molar-refractivity contribution in [3.8, 4) is 0 Å². The third-order valence-electron chi connectivity index (χ3n) is 3.25. The van der Waals surface area contributed by atoms with E-state index >= 15 is 0 Å². The molecular weight excluding hydrogens is 194 g/mol. The van der Waals surface area contributed by atoms with Crippen LogP contribution in [0.25, 0.3) is 10.8 Å². The highest BCUT2D eigenvalue weighted by molar-refractivity contribution is 5.88. The number of benzene rings is 2. The lowest BCUT2D eigenvalue weighted by atomic mass is 9.91. The van der Waals surface area contributed by atoms with Gasteiger partial charge in [0.2, 0.25) is 0 Å². The highest BCUT2D eigenvalue weighted by atomic mass is 14.6. The number of hydrogen-bond acceptors (Lipinski definition) is 1. The fourth-order valence-electron chi connectivity index (χ4n) is 2.14. The predicted molar refractivity (Wildman–Crippen MR) is 70.5 cm³/mol. The van der Waals surface area contributed by atoms with Crippen LogP contribution >= 0.6 is 0 Å². The van der Waals surface area contributed by atoms with Gasteiger partial charge in [0.15, 0.2) is 0 Å². The molecule has 0 aliphatic rings. The third-order valence-corrected chi connectivity index (χ3v) is 3.25. The van der Waals surface area contributed by atoms with Crippen molar-refractivity contribution in [2.45, 2.75) is 26.8 Å². The SMILES string of the molecule is Cc1cccc2c(C(N)C(C)C)cccc12. The minimum atomic E-state index is 0.116. The smallest absolute Gasteiger partial charge is 0.0324 e. The van der Waals surface area contributed by atoms with E-state index < -0.39 is 0 Å². The summed E-state index contributed by atoms with van der Waals surface area (Å²) in [5, 5.41) is 2.61. The summed E-state index contributed by atoms with van der Waals surface area (Å²) in [6.07, 6.45) is 0. The summed E-state index contributed by atoms with van der Waals surface area (Å²) in [6, 6.07) is 13.0. The second-order valence-electron chi connectivity index (χ2n) is 4.79. The molecule has 0 saturated heterocycles. The maximum Gasteiger partial charge on any atom is 0.0324 e. The minimum Gasteiger partial charge on any atom is -0.324 e. The number of hydrogen-bond donors (Lipinski definition) is 1. The van der Waals surface area contributed by atoms with Gasteiger partial charge in [-0.15, -0.1) is 0 Å². The van der Waals surface area contributed by atoms with E-state index in [1.54, 1.807) is 0 Å². The van der Waals surface area contributed by atoms with Crippen LogP contribution in [-0.2, 0) is 0 Å². The second-order valence-corrected chi connectivity index (χ2v) is 4.79. The Kier molecular flexibility index (Phi) is 2.97. The Morgan fingerprint density at radius 3 is 2.25 bits per heavy atom. The van der Waals surface area contributed by atoms with Gasteiger partial charge in [-0.25, -0.2) is 0 Å². The summed E-state index contributed by atoms with van der Waals surface area (Å²) in [5.74, 6) is 0.464. The monoisotopic (exact) mass is 213 g/mol. The molecule has 0 aliphatic carbocycles. The minimum absolute atomic E-state index is 0.116. The average molecular weight is 213 g/mol. The number of fused-ring (bicyclic) bond motifs is 1. The van der Waals surface area contributed by atoms with E-state index in [1.165, 1.54) is 21.9 Å². The van der Waals surface area contributed by atoms with Gasteiger partial charge in [0, 0.05) is 6.04 Å². The Morgan fingerprint density at radius 2 is 1.56 bits per heavy atom. The van der Waals surface area contributed by atoms with Crippen molar-refractivity contribution in [2.24, 2.45) is 11.7 Å². The topological polar surface area (TPSA) is 26.0 Å².